The molecule has 0 aromatic carbocycles. The average Bonchev–Trinajstić information content (AvgIpc) is 2.33. The van der Waals surface area contributed by atoms with Gasteiger partial charge in [-0.2, -0.15) is 17.0 Å². The molecule has 1 atom stereocenters. The maximum Gasteiger partial charge on any atom is 0.352 e. The van der Waals surface area contributed by atoms with Crippen molar-refractivity contribution in [1.82, 2.24) is 0 Å². The summed E-state index contributed by atoms with van der Waals surface area (Å²) in [4.78, 5) is 11.5. The first-order valence-electron chi connectivity index (χ1n) is 5.61. The van der Waals surface area contributed by atoms with E-state index in [-0.39, 0.29) is 23.9 Å². The Kier molecular flexibility index (Phi) is 8.34. The van der Waals surface area contributed by atoms with Crippen LogP contribution in [0.4, 0.5) is 0 Å². The summed E-state index contributed by atoms with van der Waals surface area (Å²) in [7, 11) is 0. The van der Waals surface area contributed by atoms with E-state index in [4.69, 9.17) is 10.00 Å². The molecule has 17 heavy (non-hydrogen) atoms. The zero-order valence-electron chi connectivity index (χ0n) is 10.5. The Morgan fingerprint density at radius 1 is 1.53 bits per heavy atom. The molecule has 0 radical (unpaired) electrons. The fourth-order valence-corrected chi connectivity index (χ4v) is 2.07. The van der Waals surface area contributed by atoms with Crippen molar-refractivity contribution in [3.05, 3.63) is 11.3 Å². The maximum atomic E-state index is 11.5. The molecule has 0 aromatic heterocycles. The predicted octanol–water partition coefficient (Wildman–Crippen LogP) is 2.66. The van der Waals surface area contributed by atoms with Gasteiger partial charge in [0.15, 0.2) is 5.57 Å². The van der Waals surface area contributed by atoms with E-state index in [1.165, 1.54) is 0 Å². The Labute approximate surface area is 107 Å². The molecule has 0 rings (SSSR count). The predicted molar refractivity (Wildman–Crippen MR) is 68.7 cm³/mol. The maximum absolute atomic E-state index is 11.5. The normalized spacial score (nSPS) is 13.5. The molecular weight excluding hydrogens is 238 g/mol. The Morgan fingerprint density at radius 2 is 2.18 bits per heavy atom. The molecule has 0 aliphatic rings. The molecule has 0 bridgehead atoms. The van der Waals surface area contributed by atoms with E-state index in [0.717, 1.165) is 0 Å². The molecule has 0 amide bonds. The molecule has 0 fully saturated rings. The van der Waals surface area contributed by atoms with Crippen LogP contribution >= 0.6 is 11.8 Å². The van der Waals surface area contributed by atoms with Crippen molar-refractivity contribution in [2.45, 2.75) is 26.7 Å². The van der Waals surface area contributed by atoms with E-state index in [1.807, 2.05) is 20.1 Å². The smallest absolute Gasteiger partial charge is 0.352 e. The number of nitrogens with zero attached hydrogens (tertiary/aromatic N) is 1. The molecule has 1 unspecified atom stereocenters. The van der Waals surface area contributed by atoms with Gasteiger partial charge in [0.05, 0.1) is 6.61 Å². The van der Waals surface area contributed by atoms with Gasteiger partial charge in [-0.3, -0.25) is 0 Å². The minimum absolute atomic E-state index is 0.148. The van der Waals surface area contributed by atoms with Crippen LogP contribution < -0.4 is 0 Å². The summed E-state index contributed by atoms with van der Waals surface area (Å²) in [5, 5.41) is 18.8. The van der Waals surface area contributed by atoms with Crippen LogP contribution in [0.1, 0.15) is 26.7 Å². The van der Waals surface area contributed by atoms with E-state index < -0.39 is 5.97 Å². The molecule has 5 heteroatoms. The Morgan fingerprint density at radius 3 is 2.59 bits per heavy atom. The van der Waals surface area contributed by atoms with Crippen molar-refractivity contribution in [1.29, 1.82) is 5.26 Å². The van der Waals surface area contributed by atoms with E-state index in [0.29, 0.717) is 18.6 Å². The van der Waals surface area contributed by atoms with Gasteiger partial charge in [-0.15, -0.1) is 0 Å². The molecule has 1 N–H and O–H groups in total. The van der Waals surface area contributed by atoms with Gasteiger partial charge < -0.3 is 9.84 Å². The van der Waals surface area contributed by atoms with Crippen molar-refractivity contribution in [3.63, 3.8) is 0 Å². The van der Waals surface area contributed by atoms with Gasteiger partial charge in [-0.05, 0) is 19.1 Å². The fraction of sp³-hybridized carbons (Fsp3) is 0.667. The number of aliphatic hydroxyl groups is 1. The number of aliphatic hydroxyl groups excluding tert-OH is 1. The molecule has 0 aliphatic carbocycles. The van der Waals surface area contributed by atoms with Crippen LogP contribution in [0, 0.1) is 17.2 Å². The molecule has 0 heterocycles. The largest absolute Gasteiger partial charge is 0.510 e. The second-order valence-electron chi connectivity index (χ2n) is 3.57. The minimum atomic E-state index is -0.730. The highest BCUT2D eigenvalue weighted by molar-refractivity contribution is 7.98. The van der Waals surface area contributed by atoms with Crippen molar-refractivity contribution < 1.29 is 14.6 Å². The van der Waals surface area contributed by atoms with Crippen molar-refractivity contribution in [3.8, 4) is 6.07 Å². The Balaban J connectivity index is 4.90. The van der Waals surface area contributed by atoms with Crippen LogP contribution in [0.15, 0.2) is 11.3 Å². The second-order valence-corrected chi connectivity index (χ2v) is 4.48. The van der Waals surface area contributed by atoms with Crippen molar-refractivity contribution in [2.24, 2.45) is 5.92 Å². The first kappa shape index (κ1) is 15.9. The molecule has 4 nitrogen and oxygen atoms in total. The number of thioether (sulfide) groups is 1. The highest BCUT2D eigenvalue weighted by Gasteiger charge is 2.22. The third kappa shape index (κ3) is 5.14. The van der Waals surface area contributed by atoms with Gasteiger partial charge in [0.1, 0.15) is 11.8 Å². The number of esters is 1. The lowest BCUT2D eigenvalue weighted by Gasteiger charge is -2.13. The van der Waals surface area contributed by atoms with Crippen LogP contribution in [-0.2, 0) is 9.53 Å². The first-order valence-corrected chi connectivity index (χ1v) is 7.00. The monoisotopic (exact) mass is 257 g/mol. The number of carbonyl (C=O) groups is 1. The lowest BCUT2D eigenvalue weighted by atomic mass is 10.0. The Hall–Kier alpha value is -1.15. The second kappa shape index (κ2) is 8.94. The molecule has 96 valence electrons. The van der Waals surface area contributed by atoms with Crippen molar-refractivity contribution >= 4 is 17.7 Å². The zero-order valence-corrected chi connectivity index (χ0v) is 11.3. The number of allylic oxidation sites excluding steroid dienone is 1. The number of rotatable bonds is 7. The first-order chi connectivity index (χ1) is 8.12. The van der Waals surface area contributed by atoms with Crippen LogP contribution in [-0.4, -0.2) is 29.7 Å². The number of hydrogen-bond acceptors (Lipinski definition) is 5. The van der Waals surface area contributed by atoms with Gasteiger partial charge >= 0.3 is 5.97 Å². The van der Waals surface area contributed by atoms with E-state index in [9.17, 15) is 9.90 Å². The summed E-state index contributed by atoms with van der Waals surface area (Å²) in [6, 6.07) is 1.73. The summed E-state index contributed by atoms with van der Waals surface area (Å²) in [6.07, 6.45) is 3.28. The molecule has 0 spiro atoms. The van der Waals surface area contributed by atoms with Crippen LogP contribution in [0.5, 0.6) is 0 Å². The average molecular weight is 257 g/mol. The SMILES string of the molecule is CCCOC(=O)C(C#N)=C(O)C(CC)CSC. The van der Waals surface area contributed by atoms with E-state index in [2.05, 4.69) is 0 Å². The standard InChI is InChI=1S/C12H19NO3S/c1-4-6-16-12(15)10(7-13)11(14)9(5-2)8-17-3/h9,14H,4-6,8H2,1-3H3. The summed E-state index contributed by atoms with van der Waals surface area (Å²) in [6.45, 7) is 4.03. The van der Waals surface area contributed by atoms with Crippen LogP contribution in [0.25, 0.3) is 0 Å². The molecule has 0 aliphatic heterocycles. The molecule has 0 saturated carbocycles. The highest BCUT2D eigenvalue weighted by atomic mass is 32.2. The van der Waals surface area contributed by atoms with E-state index in [1.54, 1.807) is 17.8 Å². The quantitative estimate of drug-likeness (QED) is 0.328. The summed E-state index contributed by atoms with van der Waals surface area (Å²) >= 11 is 1.56. The van der Waals surface area contributed by atoms with Crippen LogP contribution in [0.3, 0.4) is 0 Å². The van der Waals surface area contributed by atoms with Gasteiger partial charge in [-0.25, -0.2) is 4.79 Å². The Bertz CT molecular complexity index is 320. The van der Waals surface area contributed by atoms with Gasteiger partial charge in [0, 0.05) is 11.7 Å². The van der Waals surface area contributed by atoms with Gasteiger partial charge in [-0.1, -0.05) is 13.8 Å². The number of carbonyl (C=O) groups excluding carboxylic acids is 1. The van der Waals surface area contributed by atoms with Gasteiger partial charge in [0.2, 0.25) is 0 Å². The third-order valence-electron chi connectivity index (χ3n) is 2.26. The fourth-order valence-electron chi connectivity index (χ4n) is 1.27. The lowest BCUT2D eigenvalue weighted by molar-refractivity contribution is -0.138. The number of hydrogen-bond donors (Lipinski definition) is 1. The van der Waals surface area contributed by atoms with Crippen LogP contribution in [0.2, 0.25) is 0 Å². The number of nitriles is 1. The lowest BCUT2D eigenvalue weighted by Crippen LogP contribution is -2.15. The summed E-state index contributed by atoms with van der Waals surface area (Å²) in [5.41, 5.74) is -0.264. The summed E-state index contributed by atoms with van der Waals surface area (Å²) < 4.78 is 4.85. The number of ether oxygens (including phenoxy) is 1. The molecule has 0 aromatic rings. The highest BCUT2D eigenvalue weighted by Crippen LogP contribution is 2.20. The molecular formula is C12H19NO3S. The van der Waals surface area contributed by atoms with Gasteiger partial charge in [0.25, 0.3) is 0 Å². The topological polar surface area (TPSA) is 70.3 Å². The third-order valence-corrected chi connectivity index (χ3v) is 2.99. The molecule has 0 saturated heterocycles. The van der Waals surface area contributed by atoms with Crippen molar-refractivity contribution in [2.75, 3.05) is 18.6 Å². The summed E-state index contributed by atoms with van der Waals surface area (Å²) in [5.74, 6) is -0.375. The minimum Gasteiger partial charge on any atom is -0.510 e. The van der Waals surface area contributed by atoms with E-state index >= 15 is 0 Å². The zero-order chi connectivity index (χ0) is 13.3.